The number of ether oxygens (including phenoxy) is 2. The van der Waals surface area contributed by atoms with Crippen LogP contribution < -0.4 is 4.74 Å². The fourth-order valence-electron chi connectivity index (χ4n) is 1.17. The molecule has 0 amide bonds. The molecule has 1 fully saturated rings. The summed E-state index contributed by atoms with van der Waals surface area (Å²) in [6, 6.07) is 1.16. The second-order valence-electron chi connectivity index (χ2n) is 3.26. The molecule has 0 aliphatic carbocycles. The van der Waals surface area contributed by atoms with Crippen LogP contribution in [0.1, 0.15) is 0 Å². The SMILES string of the molecule is O=[N+]([O-])c1cc(F)cc(F)c1OCC1CO1. The molecule has 1 atom stereocenters. The van der Waals surface area contributed by atoms with Gasteiger partial charge in [-0.3, -0.25) is 10.1 Å². The molecule has 1 unspecified atom stereocenters. The summed E-state index contributed by atoms with van der Waals surface area (Å²) in [6.07, 6.45) is -0.163. The zero-order valence-corrected chi connectivity index (χ0v) is 7.98. The number of nitrogens with zero attached hydrogens (tertiary/aromatic N) is 1. The van der Waals surface area contributed by atoms with Gasteiger partial charge in [0.1, 0.15) is 18.5 Å². The molecule has 0 bridgehead atoms. The molecule has 0 spiro atoms. The number of benzene rings is 1. The molecular weight excluding hydrogens is 224 g/mol. The van der Waals surface area contributed by atoms with E-state index in [0.717, 1.165) is 0 Å². The summed E-state index contributed by atoms with van der Waals surface area (Å²) in [7, 11) is 0. The van der Waals surface area contributed by atoms with E-state index in [-0.39, 0.29) is 12.7 Å². The highest BCUT2D eigenvalue weighted by Gasteiger charge is 2.27. The average Bonchev–Trinajstić information content (AvgIpc) is 2.98. The third kappa shape index (κ3) is 2.25. The number of hydrogen-bond acceptors (Lipinski definition) is 4. The lowest BCUT2D eigenvalue weighted by molar-refractivity contribution is -0.386. The summed E-state index contributed by atoms with van der Waals surface area (Å²) in [5.41, 5.74) is -0.724. The van der Waals surface area contributed by atoms with E-state index in [2.05, 4.69) is 0 Å². The predicted octanol–water partition coefficient (Wildman–Crippen LogP) is 1.65. The van der Waals surface area contributed by atoms with E-state index >= 15 is 0 Å². The smallest absolute Gasteiger partial charge is 0.316 e. The van der Waals surface area contributed by atoms with E-state index in [4.69, 9.17) is 9.47 Å². The molecule has 0 N–H and O–H groups in total. The van der Waals surface area contributed by atoms with E-state index in [9.17, 15) is 18.9 Å². The van der Waals surface area contributed by atoms with Crippen LogP contribution in [0.15, 0.2) is 12.1 Å². The first-order valence-corrected chi connectivity index (χ1v) is 4.46. The van der Waals surface area contributed by atoms with Gasteiger partial charge in [0.15, 0.2) is 5.82 Å². The maximum absolute atomic E-state index is 13.2. The first-order chi connectivity index (χ1) is 7.58. The average molecular weight is 231 g/mol. The molecule has 1 aromatic rings. The van der Waals surface area contributed by atoms with Gasteiger partial charge < -0.3 is 9.47 Å². The Bertz CT molecular complexity index is 434. The molecule has 0 saturated carbocycles. The molecule has 1 aliphatic rings. The van der Waals surface area contributed by atoms with E-state index < -0.39 is 28.0 Å². The lowest BCUT2D eigenvalue weighted by Crippen LogP contribution is -2.07. The molecule has 7 heteroatoms. The summed E-state index contributed by atoms with van der Waals surface area (Å²) in [4.78, 5) is 9.65. The quantitative estimate of drug-likeness (QED) is 0.449. The van der Waals surface area contributed by atoms with Crippen molar-refractivity contribution < 1.29 is 23.2 Å². The van der Waals surface area contributed by atoms with Gasteiger partial charge >= 0.3 is 5.69 Å². The van der Waals surface area contributed by atoms with Crippen molar-refractivity contribution in [3.05, 3.63) is 33.9 Å². The Kier molecular flexibility index (Phi) is 2.69. The van der Waals surface area contributed by atoms with Crippen LogP contribution in [0.5, 0.6) is 5.75 Å². The first-order valence-electron chi connectivity index (χ1n) is 4.46. The highest BCUT2D eigenvalue weighted by Crippen LogP contribution is 2.31. The predicted molar refractivity (Wildman–Crippen MR) is 48.2 cm³/mol. The van der Waals surface area contributed by atoms with E-state index in [0.29, 0.717) is 18.7 Å². The van der Waals surface area contributed by atoms with Gasteiger partial charge in [-0.05, 0) is 0 Å². The standard InChI is InChI=1S/C9H7F2NO4/c10-5-1-7(11)9(8(2-5)12(13)14)16-4-6-3-15-6/h1-2,6H,3-4H2. The van der Waals surface area contributed by atoms with Gasteiger partial charge in [0, 0.05) is 6.07 Å². The third-order valence-corrected chi connectivity index (χ3v) is 2.00. The Morgan fingerprint density at radius 3 is 2.81 bits per heavy atom. The van der Waals surface area contributed by atoms with E-state index in [1.165, 1.54) is 0 Å². The molecule has 5 nitrogen and oxygen atoms in total. The van der Waals surface area contributed by atoms with Crippen molar-refractivity contribution in [2.24, 2.45) is 0 Å². The largest absolute Gasteiger partial charge is 0.482 e. The monoisotopic (exact) mass is 231 g/mol. The Hall–Kier alpha value is -1.76. The number of nitro benzene ring substituents is 1. The van der Waals surface area contributed by atoms with Gasteiger partial charge in [0.2, 0.25) is 5.75 Å². The molecular formula is C9H7F2NO4. The Morgan fingerprint density at radius 2 is 2.25 bits per heavy atom. The van der Waals surface area contributed by atoms with Crippen molar-refractivity contribution >= 4 is 5.69 Å². The molecule has 1 heterocycles. The Labute approximate surface area is 88.7 Å². The second-order valence-corrected chi connectivity index (χ2v) is 3.26. The summed E-state index contributed by atoms with van der Waals surface area (Å²) < 4.78 is 35.7. The normalized spacial score (nSPS) is 18.2. The zero-order chi connectivity index (χ0) is 11.7. The van der Waals surface area contributed by atoms with Gasteiger partial charge in [-0.15, -0.1) is 0 Å². The van der Waals surface area contributed by atoms with Crippen molar-refractivity contribution in [2.75, 3.05) is 13.2 Å². The molecule has 0 radical (unpaired) electrons. The molecule has 2 rings (SSSR count). The van der Waals surface area contributed by atoms with Crippen LogP contribution >= 0.6 is 0 Å². The van der Waals surface area contributed by atoms with Gasteiger partial charge in [-0.25, -0.2) is 8.78 Å². The summed E-state index contributed by atoms with van der Waals surface area (Å²) in [5, 5.41) is 10.5. The molecule has 86 valence electrons. The fourth-order valence-corrected chi connectivity index (χ4v) is 1.17. The van der Waals surface area contributed by atoms with Gasteiger partial charge in [-0.2, -0.15) is 0 Å². The van der Waals surface area contributed by atoms with Crippen LogP contribution in [0.2, 0.25) is 0 Å². The molecule has 1 aliphatic heterocycles. The van der Waals surface area contributed by atoms with Crippen molar-refractivity contribution in [3.8, 4) is 5.75 Å². The Morgan fingerprint density at radius 1 is 1.56 bits per heavy atom. The minimum Gasteiger partial charge on any atom is -0.482 e. The molecule has 1 saturated heterocycles. The molecule has 0 aromatic heterocycles. The number of halogens is 2. The van der Waals surface area contributed by atoms with Crippen LogP contribution in [0.4, 0.5) is 14.5 Å². The van der Waals surface area contributed by atoms with Crippen molar-refractivity contribution in [1.82, 2.24) is 0 Å². The minimum atomic E-state index is -1.09. The second kappa shape index (κ2) is 4.01. The van der Waals surface area contributed by atoms with Gasteiger partial charge in [0.25, 0.3) is 0 Å². The van der Waals surface area contributed by atoms with Gasteiger partial charge in [0.05, 0.1) is 17.6 Å². The summed E-state index contributed by atoms with van der Waals surface area (Å²) >= 11 is 0. The summed E-state index contributed by atoms with van der Waals surface area (Å²) in [6.45, 7) is 0.500. The van der Waals surface area contributed by atoms with Crippen LogP contribution in [0.25, 0.3) is 0 Å². The van der Waals surface area contributed by atoms with Crippen LogP contribution in [0, 0.1) is 21.7 Å². The maximum atomic E-state index is 13.2. The minimum absolute atomic E-state index is 0.0173. The van der Waals surface area contributed by atoms with Crippen LogP contribution in [-0.4, -0.2) is 24.2 Å². The van der Waals surface area contributed by atoms with Crippen LogP contribution in [0.3, 0.4) is 0 Å². The topological polar surface area (TPSA) is 64.9 Å². The number of hydrogen-bond donors (Lipinski definition) is 0. The fraction of sp³-hybridized carbons (Fsp3) is 0.333. The number of nitro groups is 1. The van der Waals surface area contributed by atoms with Crippen molar-refractivity contribution in [2.45, 2.75) is 6.10 Å². The summed E-state index contributed by atoms with van der Waals surface area (Å²) in [5.74, 6) is -2.66. The zero-order valence-electron chi connectivity index (χ0n) is 7.98. The highest BCUT2D eigenvalue weighted by molar-refractivity contribution is 5.47. The maximum Gasteiger partial charge on any atom is 0.316 e. The third-order valence-electron chi connectivity index (χ3n) is 2.00. The number of epoxide rings is 1. The highest BCUT2D eigenvalue weighted by atomic mass is 19.1. The van der Waals surface area contributed by atoms with Gasteiger partial charge in [-0.1, -0.05) is 0 Å². The number of rotatable bonds is 4. The van der Waals surface area contributed by atoms with Crippen LogP contribution in [-0.2, 0) is 4.74 Å². The molecule has 1 aromatic carbocycles. The Balaban J connectivity index is 2.27. The van der Waals surface area contributed by atoms with Crippen molar-refractivity contribution in [1.29, 1.82) is 0 Å². The van der Waals surface area contributed by atoms with Crippen molar-refractivity contribution in [3.63, 3.8) is 0 Å². The molecule has 16 heavy (non-hydrogen) atoms. The lowest BCUT2D eigenvalue weighted by Gasteiger charge is -2.06. The van der Waals surface area contributed by atoms with E-state index in [1.54, 1.807) is 0 Å². The van der Waals surface area contributed by atoms with E-state index in [1.807, 2.05) is 0 Å². The lowest BCUT2D eigenvalue weighted by atomic mass is 10.2. The first kappa shape index (κ1) is 10.7.